The number of hydrogen-bond acceptors (Lipinski definition) is 4. The van der Waals surface area contributed by atoms with Crippen LogP contribution < -0.4 is 16.0 Å². The summed E-state index contributed by atoms with van der Waals surface area (Å²) in [4.78, 5) is 27.1. The molecule has 3 N–H and O–H groups in total. The first-order chi connectivity index (χ1) is 10.9. The maximum absolute atomic E-state index is 11.8. The van der Waals surface area contributed by atoms with Crippen molar-refractivity contribution in [1.82, 2.24) is 10.3 Å². The molecule has 0 radical (unpaired) electrons. The lowest BCUT2D eigenvalue weighted by atomic mass is 10.2. The Kier molecular flexibility index (Phi) is 5.30. The third-order valence-corrected chi connectivity index (χ3v) is 2.89. The minimum absolute atomic E-state index is 0.0682. The van der Waals surface area contributed by atoms with Crippen molar-refractivity contribution >= 4 is 28.9 Å². The predicted octanol–water partition coefficient (Wildman–Crippen LogP) is 2.92. The summed E-state index contributed by atoms with van der Waals surface area (Å²) in [6.45, 7) is 5.26. The van der Waals surface area contributed by atoms with Crippen molar-refractivity contribution in [2.24, 2.45) is 0 Å². The van der Waals surface area contributed by atoms with Gasteiger partial charge in [0.2, 0.25) is 5.91 Å². The fraction of sp³-hybridized carbons (Fsp3) is 0.235. The van der Waals surface area contributed by atoms with Gasteiger partial charge in [0.05, 0.1) is 11.9 Å². The molecule has 0 unspecified atom stereocenters. The molecular weight excluding hydrogens is 292 g/mol. The topological polar surface area (TPSA) is 83.1 Å². The van der Waals surface area contributed by atoms with Crippen molar-refractivity contribution < 1.29 is 9.59 Å². The molecule has 1 aromatic carbocycles. The summed E-state index contributed by atoms with van der Waals surface area (Å²) < 4.78 is 0. The molecule has 0 aliphatic carbocycles. The van der Waals surface area contributed by atoms with Gasteiger partial charge in [0, 0.05) is 24.3 Å². The second-order valence-electron chi connectivity index (χ2n) is 5.45. The third kappa shape index (κ3) is 5.10. The van der Waals surface area contributed by atoms with Gasteiger partial charge in [-0.3, -0.25) is 9.59 Å². The van der Waals surface area contributed by atoms with Gasteiger partial charge in [0.1, 0.15) is 5.69 Å². The first-order valence-corrected chi connectivity index (χ1v) is 7.35. The highest BCUT2D eigenvalue weighted by molar-refractivity contribution is 5.92. The molecule has 2 rings (SSSR count). The molecule has 0 bridgehead atoms. The summed E-state index contributed by atoms with van der Waals surface area (Å²) in [5, 5.41) is 8.70. The summed E-state index contributed by atoms with van der Waals surface area (Å²) in [6, 6.07) is 10.9. The zero-order valence-electron chi connectivity index (χ0n) is 13.4. The number of nitrogens with one attached hydrogen (secondary N) is 3. The van der Waals surface area contributed by atoms with Crippen LogP contribution in [0.3, 0.4) is 0 Å². The minimum atomic E-state index is -0.195. The maximum Gasteiger partial charge on any atom is 0.270 e. The van der Waals surface area contributed by atoms with Crippen molar-refractivity contribution in [2.45, 2.75) is 26.8 Å². The first-order valence-electron chi connectivity index (χ1n) is 7.35. The molecule has 1 aromatic heterocycles. The summed E-state index contributed by atoms with van der Waals surface area (Å²) >= 11 is 0. The van der Waals surface area contributed by atoms with E-state index in [4.69, 9.17) is 0 Å². The molecule has 0 spiro atoms. The lowest BCUT2D eigenvalue weighted by molar-refractivity contribution is -0.114. The summed E-state index contributed by atoms with van der Waals surface area (Å²) in [5.74, 6) is -0.316. The molecule has 2 amide bonds. The van der Waals surface area contributed by atoms with Gasteiger partial charge in [-0.1, -0.05) is 6.07 Å². The second-order valence-corrected chi connectivity index (χ2v) is 5.45. The SMILES string of the molecule is CC(=O)Nc1cccc(Nc2ccc(C(=O)NC(C)C)nc2)c1. The Hall–Kier alpha value is -2.89. The fourth-order valence-electron chi connectivity index (χ4n) is 1.98. The van der Waals surface area contributed by atoms with Crippen LogP contribution in [-0.2, 0) is 4.79 Å². The predicted molar refractivity (Wildman–Crippen MR) is 90.9 cm³/mol. The van der Waals surface area contributed by atoms with E-state index in [0.717, 1.165) is 11.4 Å². The lowest BCUT2D eigenvalue weighted by Gasteiger charge is -2.10. The fourth-order valence-corrected chi connectivity index (χ4v) is 1.98. The highest BCUT2D eigenvalue weighted by atomic mass is 16.2. The Labute approximate surface area is 135 Å². The summed E-state index contributed by atoms with van der Waals surface area (Å²) in [7, 11) is 0. The van der Waals surface area contributed by atoms with Gasteiger partial charge in [0.25, 0.3) is 5.91 Å². The van der Waals surface area contributed by atoms with Crippen molar-refractivity contribution in [2.75, 3.05) is 10.6 Å². The van der Waals surface area contributed by atoms with E-state index in [9.17, 15) is 9.59 Å². The monoisotopic (exact) mass is 312 g/mol. The highest BCUT2D eigenvalue weighted by Gasteiger charge is 2.08. The zero-order valence-corrected chi connectivity index (χ0v) is 13.4. The Morgan fingerprint density at radius 2 is 1.78 bits per heavy atom. The molecule has 0 aliphatic rings. The van der Waals surface area contributed by atoms with E-state index in [1.807, 2.05) is 38.1 Å². The summed E-state index contributed by atoms with van der Waals surface area (Å²) in [6.07, 6.45) is 1.60. The molecule has 23 heavy (non-hydrogen) atoms. The molecule has 6 heteroatoms. The van der Waals surface area contributed by atoms with Crippen LogP contribution in [0.15, 0.2) is 42.6 Å². The molecule has 120 valence electrons. The van der Waals surface area contributed by atoms with Gasteiger partial charge < -0.3 is 16.0 Å². The van der Waals surface area contributed by atoms with E-state index in [1.54, 1.807) is 18.3 Å². The average molecular weight is 312 g/mol. The molecule has 0 aliphatic heterocycles. The largest absolute Gasteiger partial charge is 0.354 e. The van der Waals surface area contributed by atoms with Gasteiger partial charge in [-0.15, -0.1) is 0 Å². The van der Waals surface area contributed by atoms with Gasteiger partial charge in [0.15, 0.2) is 0 Å². The number of nitrogens with zero attached hydrogens (tertiary/aromatic N) is 1. The number of rotatable bonds is 5. The molecule has 0 saturated heterocycles. The van der Waals surface area contributed by atoms with Crippen molar-refractivity contribution in [3.8, 4) is 0 Å². The van der Waals surface area contributed by atoms with Crippen LogP contribution in [0.1, 0.15) is 31.3 Å². The van der Waals surface area contributed by atoms with E-state index < -0.39 is 0 Å². The lowest BCUT2D eigenvalue weighted by Crippen LogP contribution is -2.30. The highest BCUT2D eigenvalue weighted by Crippen LogP contribution is 2.19. The van der Waals surface area contributed by atoms with Crippen molar-refractivity contribution in [1.29, 1.82) is 0 Å². The smallest absolute Gasteiger partial charge is 0.270 e. The van der Waals surface area contributed by atoms with Crippen LogP contribution in [0, 0.1) is 0 Å². The molecule has 1 heterocycles. The van der Waals surface area contributed by atoms with E-state index in [1.165, 1.54) is 6.92 Å². The number of hydrogen-bond donors (Lipinski definition) is 3. The summed E-state index contributed by atoms with van der Waals surface area (Å²) in [5.41, 5.74) is 2.66. The van der Waals surface area contributed by atoms with Gasteiger partial charge >= 0.3 is 0 Å². The second kappa shape index (κ2) is 7.40. The Bertz CT molecular complexity index is 696. The first kappa shape index (κ1) is 16.5. The molecule has 2 aromatic rings. The normalized spacial score (nSPS) is 10.3. The van der Waals surface area contributed by atoms with E-state index in [2.05, 4.69) is 20.9 Å². The van der Waals surface area contributed by atoms with E-state index in [0.29, 0.717) is 11.4 Å². The molecular formula is C17H20N4O2. The Balaban J connectivity index is 2.06. The number of anilines is 3. The quantitative estimate of drug-likeness (QED) is 0.792. The van der Waals surface area contributed by atoms with Gasteiger partial charge in [-0.2, -0.15) is 0 Å². The number of benzene rings is 1. The van der Waals surface area contributed by atoms with Crippen LogP contribution in [0.4, 0.5) is 17.1 Å². The van der Waals surface area contributed by atoms with Gasteiger partial charge in [-0.05, 0) is 44.2 Å². The van der Waals surface area contributed by atoms with Crippen LogP contribution in [0.5, 0.6) is 0 Å². The van der Waals surface area contributed by atoms with Crippen molar-refractivity contribution in [3.63, 3.8) is 0 Å². The Morgan fingerprint density at radius 3 is 2.39 bits per heavy atom. The van der Waals surface area contributed by atoms with Gasteiger partial charge in [-0.25, -0.2) is 4.98 Å². The minimum Gasteiger partial charge on any atom is -0.354 e. The maximum atomic E-state index is 11.8. The number of pyridine rings is 1. The number of carbonyl (C=O) groups excluding carboxylic acids is 2. The standard InChI is InChI=1S/C17H20N4O2/c1-11(2)19-17(23)16-8-7-15(10-18-16)21-14-6-4-5-13(9-14)20-12(3)22/h4-11,21H,1-3H3,(H,19,23)(H,20,22). The van der Waals surface area contributed by atoms with Crippen LogP contribution in [-0.4, -0.2) is 22.8 Å². The molecule has 0 fully saturated rings. The number of amides is 2. The van der Waals surface area contributed by atoms with Crippen LogP contribution in [0.25, 0.3) is 0 Å². The molecule has 0 saturated carbocycles. The number of carbonyl (C=O) groups is 2. The van der Waals surface area contributed by atoms with Crippen LogP contribution in [0.2, 0.25) is 0 Å². The zero-order chi connectivity index (χ0) is 16.8. The average Bonchev–Trinajstić information content (AvgIpc) is 2.47. The van der Waals surface area contributed by atoms with Crippen molar-refractivity contribution in [3.05, 3.63) is 48.3 Å². The molecule has 0 atom stereocenters. The third-order valence-electron chi connectivity index (χ3n) is 2.89. The number of aromatic nitrogens is 1. The van der Waals surface area contributed by atoms with E-state index in [-0.39, 0.29) is 17.9 Å². The molecule has 6 nitrogen and oxygen atoms in total. The van der Waals surface area contributed by atoms with E-state index >= 15 is 0 Å². The Morgan fingerprint density at radius 1 is 1.04 bits per heavy atom. The van der Waals surface area contributed by atoms with Crippen LogP contribution >= 0.6 is 0 Å².